The van der Waals surface area contributed by atoms with Crippen molar-refractivity contribution in [1.82, 2.24) is 15.2 Å². The fourth-order valence-electron chi connectivity index (χ4n) is 3.13. The summed E-state index contributed by atoms with van der Waals surface area (Å²) in [5.41, 5.74) is 0.275. The van der Waals surface area contributed by atoms with Gasteiger partial charge in [-0.1, -0.05) is 24.3 Å². The minimum Gasteiger partial charge on any atom is -0.386 e. The van der Waals surface area contributed by atoms with Crippen LogP contribution in [0.25, 0.3) is 0 Å². The summed E-state index contributed by atoms with van der Waals surface area (Å²) in [4.78, 5) is 13.3. The highest BCUT2D eigenvalue weighted by atomic mass is 19.1. The first kappa shape index (κ1) is 19.1. The molecule has 2 aromatic rings. The van der Waals surface area contributed by atoms with Crippen LogP contribution >= 0.6 is 0 Å². The van der Waals surface area contributed by atoms with Crippen LogP contribution in [-0.4, -0.2) is 60.2 Å². The van der Waals surface area contributed by atoms with Gasteiger partial charge in [0.2, 0.25) is 0 Å². The maximum absolute atomic E-state index is 13.8. The van der Waals surface area contributed by atoms with Crippen molar-refractivity contribution in [2.24, 2.45) is 4.99 Å². The first-order valence-corrected chi connectivity index (χ1v) is 9.30. The Bertz CT molecular complexity index is 747. The molecule has 1 unspecified atom stereocenters. The molecule has 0 saturated carbocycles. The van der Waals surface area contributed by atoms with E-state index in [0.29, 0.717) is 0 Å². The Balaban J connectivity index is 1.62. The lowest BCUT2D eigenvalue weighted by Gasteiger charge is -2.37. The molecule has 7 heteroatoms. The fraction of sp³-hybridized carbons (Fsp3) is 0.400. The molecule has 1 aliphatic rings. The maximum atomic E-state index is 13.8. The van der Waals surface area contributed by atoms with Crippen LogP contribution < -0.4 is 10.2 Å². The predicted octanol–water partition coefficient (Wildman–Crippen LogP) is 2.04. The van der Waals surface area contributed by atoms with Gasteiger partial charge in [0, 0.05) is 44.5 Å². The number of halogens is 1. The van der Waals surface area contributed by atoms with Gasteiger partial charge in [0.15, 0.2) is 5.96 Å². The number of aliphatic hydroxyl groups is 1. The summed E-state index contributed by atoms with van der Waals surface area (Å²) in [6, 6.07) is 12.2. The highest BCUT2D eigenvalue weighted by Gasteiger charge is 2.21. The van der Waals surface area contributed by atoms with Crippen LogP contribution in [0.4, 0.5) is 10.2 Å². The second-order valence-corrected chi connectivity index (χ2v) is 6.39. The molecular formula is C20H26FN5O. The van der Waals surface area contributed by atoms with Crippen molar-refractivity contribution in [2.75, 3.05) is 44.2 Å². The topological polar surface area (TPSA) is 64.0 Å². The number of piperazine rings is 1. The number of nitrogens with zero attached hydrogens (tertiary/aromatic N) is 4. The van der Waals surface area contributed by atoms with Gasteiger partial charge in [-0.15, -0.1) is 0 Å². The SMILES string of the molecule is CCNC(=NCC(O)c1ccccc1F)N1CCN(c2ccccn2)CC1. The summed E-state index contributed by atoms with van der Waals surface area (Å²) in [6.45, 7) is 6.15. The summed E-state index contributed by atoms with van der Waals surface area (Å²) in [5.74, 6) is 1.32. The largest absolute Gasteiger partial charge is 0.386 e. The standard InChI is InChI=1S/C20H26FN5O/c1-2-22-20(24-15-18(27)16-7-3-4-8-17(16)21)26-13-11-25(12-14-26)19-9-5-6-10-23-19/h3-10,18,27H,2,11-15H2,1H3,(H,22,24). The Labute approximate surface area is 159 Å². The third kappa shape index (κ3) is 4.95. The highest BCUT2D eigenvalue weighted by molar-refractivity contribution is 5.80. The molecule has 2 N–H and O–H groups in total. The minimum absolute atomic E-state index is 0.115. The zero-order valence-corrected chi connectivity index (χ0v) is 15.6. The number of aliphatic imine (C=N–C) groups is 1. The van der Waals surface area contributed by atoms with Crippen molar-refractivity contribution in [1.29, 1.82) is 0 Å². The van der Waals surface area contributed by atoms with Gasteiger partial charge in [-0.3, -0.25) is 4.99 Å². The average Bonchev–Trinajstić information content (AvgIpc) is 2.72. The number of hydrogen-bond acceptors (Lipinski definition) is 4. The predicted molar refractivity (Wildman–Crippen MR) is 105 cm³/mol. The van der Waals surface area contributed by atoms with Gasteiger partial charge in [0.1, 0.15) is 17.7 Å². The number of aliphatic hydroxyl groups excluding tert-OH is 1. The Morgan fingerprint density at radius 1 is 1.19 bits per heavy atom. The zero-order chi connectivity index (χ0) is 19.1. The van der Waals surface area contributed by atoms with E-state index in [1.54, 1.807) is 24.4 Å². The van der Waals surface area contributed by atoms with Gasteiger partial charge in [-0.2, -0.15) is 0 Å². The van der Waals surface area contributed by atoms with Gasteiger partial charge >= 0.3 is 0 Å². The summed E-state index contributed by atoms with van der Waals surface area (Å²) in [7, 11) is 0. The molecule has 1 fully saturated rings. The van der Waals surface area contributed by atoms with Crippen molar-refractivity contribution in [3.63, 3.8) is 0 Å². The number of rotatable bonds is 5. The Morgan fingerprint density at radius 3 is 2.59 bits per heavy atom. The lowest BCUT2D eigenvalue weighted by Crippen LogP contribution is -2.52. The Kier molecular flexibility index (Phi) is 6.59. The van der Waals surface area contributed by atoms with Crippen LogP contribution in [0.2, 0.25) is 0 Å². The second kappa shape index (κ2) is 9.32. The number of benzene rings is 1. The molecule has 6 nitrogen and oxygen atoms in total. The van der Waals surface area contributed by atoms with Crippen LogP contribution in [0.5, 0.6) is 0 Å². The summed E-state index contributed by atoms with van der Waals surface area (Å²) < 4.78 is 13.8. The zero-order valence-electron chi connectivity index (χ0n) is 15.6. The highest BCUT2D eigenvalue weighted by Crippen LogP contribution is 2.17. The molecule has 1 aromatic carbocycles. The van der Waals surface area contributed by atoms with Crippen molar-refractivity contribution in [3.8, 4) is 0 Å². The van der Waals surface area contributed by atoms with Crippen molar-refractivity contribution < 1.29 is 9.50 Å². The van der Waals surface area contributed by atoms with Crippen LogP contribution in [0.1, 0.15) is 18.6 Å². The molecule has 1 atom stereocenters. The van der Waals surface area contributed by atoms with E-state index in [1.165, 1.54) is 6.07 Å². The quantitative estimate of drug-likeness (QED) is 0.622. The van der Waals surface area contributed by atoms with E-state index in [4.69, 9.17) is 0 Å². The monoisotopic (exact) mass is 371 g/mol. The number of hydrogen-bond donors (Lipinski definition) is 2. The van der Waals surface area contributed by atoms with Crippen LogP contribution in [0.15, 0.2) is 53.7 Å². The number of guanidine groups is 1. The number of anilines is 1. The van der Waals surface area contributed by atoms with Gasteiger partial charge in [0.05, 0.1) is 6.54 Å². The summed E-state index contributed by atoms with van der Waals surface area (Å²) in [5, 5.41) is 13.6. The van der Waals surface area contributed by atoms with Crippen molar-refractivity contribution in [2.45, 2.75) is 13.0 Å². The fourth-order valence-corrected chi connectivity index (χ4v) is 3.13. The molecule has 27 heavy (non-hydrogen) atoms. The smallest absolute Gasteiger partial charge is 0.194 e. The number of nitrogens with one attached hydrogen (secondary N) is 1. The van der Waals surface area contributed by atoms with E-state index in [2.05, 4.69) is 25.1 Å². The number of pyridine rings is 1. The first-order valence-electron chi connectivity index (χ1n) is 9.30. The summed E-state index contributed by atoms with van der Waals surface area (Å²) in [6.07, 6.45) is 0.840. The normalized spacial score (nSPS) is 16.3. The van der Waals surface area contributed by atoms with E-state index >= 15 is 0 Å². The van der Waals surface area contributed by atoms with Gasteiger partial charge in [-0.05, 0) is 25.1 Å². The molecule has 2 heterocycles. The van der Waals surface area contributed by atoms with E-state index in [-0.39, 0.29) is 12.1 Å². The Morgan fingerprint density at radius 2 is 1.93 bits per heavy atom. The van der Waals surface area contributed by atoms with Crippen molar-refractivity contribution in [3.05, 3.63) is 60.0 Å². The molecule has 1 saturated heterocycles. The molecule has 144 valence electrons. The molecular weight excluding hydrogens is 345 g/mol. The van der Waals surface area contributed by atoms with Gasteiger partial charge in [0.25, 0.3) is 0 Å². The minimum atomic E-state index is -0.963. The first-order chi connectivity index (χ1) is 13.2. The van der Waals surface area contributed by atoms with Crippen molar-refractivity contribution >= 4 is 11.8 Å². The van der Waals surface area contributed by atoms with Crippen LogP contribution in [-0.2, 0) is 0 Å². The lowest BCUT2D eigenvalue weighted by molar-refractivity contribution is 0.181. The molecule has 1 aliphatic heterocycles. The number of aromatic nitrogens is 1. The summed E-state index contributed by atoms with van der Waals surface area (Å²) >= 11 is 0. The molecule has 1 aromatic heterocycles. The molecule has 3 rings (SSSR count). The van der Waals surface area contributed by atoms with Gasteiger partial charge < -0.3 is 20.2 Å². The third-order valence-corrected chi connectivity index (χ3v) is 4.57. The molecule has 0 amide bonds. The average molecular weight is 371 g/mol. The third-order valence-electron chi connectivity index (χ3n) is 4.57. The maximum Gasteiger partial charge on any atom is 0.194 e. The molecule has 0 aliphatic carbocycles. The second-order valence-electron chi connectivity index (χ2n) is 6.39. The van der Waals surface area contributed by atoms with E-state index in [1.807, 2.05) is 25.1 Å². The molecule has 0 spiro atoms. The molecule has 0 radical (unpaired) electrons. The van der Waals surface area contributed by atoms with Crippen LogP contribution in [0, 0.1) is 5.82 Å². The van der Waals surface area contributed by atoms with Crippen LogP contribution in [0.3, 0.4) is 0 Å². The lowest BCUT2D eigenvalue weighted by atomic mass is 10.1. The van der Waals surface area contributed by atoms with Gasteiger partial charge in [-0.25, -0.2) is 9.37 Å². The van der Waals surface area contributed by atoms with E-state index in [0.717, 1.165) is 44.5 Å². The Hall–Kier alpha value is -2.67. The molecule has 0 bridgehead atoms. The van der Waals surface area contributed by atoms with E-state index in [9.17, 15) is 9.50 Å². The van der Waals surface area contributed by atoms with E-state index < -0.39 is 11.9 Å².